The van der Waals surface area contributed by atoms with Crippen molar-refractivity contribution in [1.29, 1.82) is 0 Å². The van der Waals surface area contributed by atoms with Crippen LogP contribution in [0.25, 0.3) is 0 Å². The van der Waals surface area contributed by atoms with Gasteiger partial charge in [0.1, 0.15) is 5.82 Å². The quantitative estimate of drug-likeness (QED) is 0.926. The summed E-state index contributed by atoms with van der Waals surface area (Å²) in [7, 11) is 0. The molecule has 0 aliphatic carbocycles. The van der Waals surface area contributed by atoms with Gasteiger partial charge >= 0.3 is 12.1 Å². The van der Waals surface area contributed by atoms with E-state index in [1.165, 1.54) is 12.1 Å². The number of hydrogen-bond acceptors (Lipinski definition) is 3. The third-order valence-electron chi connectivity index (χ3n) is 3.43. The lowest BCUT2D eigenvalue weighted by Gasteiger charge is -2.34. The summed E-state index contributed by atoms with van der Waals surface area (Å²) in [5.74, 6) is -0.324. The predicted octanol–water partition coefficient (Wildman–Crippen LogP) is 1.81. The van der Waals surface area contributed by atoms with Gasteiger partial charge in [-0.05, 0) is 24.6 Å². The summed E-state index contributed by atoms with van der Waals surface area (Å²) < 4.78 is 18.0. The Balaban J connectivity index is 1.76. The van der Waals surface area contributed by atoms with Crippen molar-refractivity contribution in [2.75, 3.05) is 32.8 Å². The third kappa shape index (κ3) is 4.34. The van der Waals surface area contributed by atoms with Crippen molar-refractivity contribution >= 4 is 12.1 Å². The molecule has 0 spiro atoms. The second kappa shape index (κ2) is 7.63. The first-order valence-corrected chi connectivity index (χ1v) is 7.29. The fourth-order valence-corrected chi connectivity index (χ4v) is 2.24. The Morgan fingerprint density at radius 1 is 1.23 bits per heavy atom. The van der Waals surface area contributed by atoms with Crippen molar-refractivity contribution in [3.05, 3.63) is 35.6 Å². The normalized spacial score (nSPS) is 14.6. The number of benzene rings is 1. The number of nitrogens with one attached hydrogen (secondary N) is 1. The van der Waals surface area contributed by atoms with Crippen LogP contribution in [0.5, 0.6) is 0 Å². The SMILES string of the molecule is CCOC(=O)N1CCN(C(=O)NCc2cccc(F)c2)CC1. The van der Waals surface area contributed by atoms with Crippen LogP contribution in [-0.4, -0.2) is 54.7 Å². The van der Waals surface area contributed by atoms with Crippen molar-refractivity contribution in [3.8, 4) is 0 Å². The third-order valence-corrected chi connectivity index (χ3v) is 3.43. The van der Waals surface area contributed by atoms with Crippen molar-refractivity contribution in [1.82, 2.24) is 15.1 Å². The second-order valence-electron chi connectivity index (χ2n) is 4.96. The average molecular weight is 309 g/mol. The molecule has 7 heteroatoms. The first-order valence-electron chi connectivity index (χ1n) is 7.29. The topological polar surface area (TPSA) is 61.9 Å². The van der Waals surface area contributed by atoms with E-state index in [1.807, 2.05) is 0 Å². The maximum absolute atomic E-state index is 13.1. The van der Waals surface area contributed by atoms with E-state index in [-0.39, 0.29) is 24.5 Å². The molecule has 120 valence electrons. The molecule has 3 amide bonds. The number of amides is 3. The van der Waals surface area contributed by atoms with Crippen molar-refractivity contribution in [3.63, 3.8) is 0 Å². The Morgan fingerprint density at radius 3 is 2.55 bits per heavy atom. The zero-order chi connectivity index (χ0) is 15.9. The molecule has 1 aromatic carbocycles. The lowest BCUT2D eigenvalue weighted by atomic mass is 10.2. The van der Waals surface area contributed by atoms with E-state index in [4.69, 9.17) is 4.74 Å². The van der Waals surface area contributed by atoms with Crippen molar-refractivity contribution < 1.29 is 18.7 Å². The Labute approximate surface area is 128 Å². The Hall–Kier alpha value is -2.31. The largest absolute Gasteiger partial charge is 0.450 e. The number of carbonyl (C=O) groups excluding carboxylic acids is 2. The van der Waals surface area contributed by atoms with E-state index in [9.17, 15) is 14.0 Å². The summed E-state index contributed by atoms with van der Waals surface area (Å²) in [4.78, 5) is 26.8. The van der Waals surface area contributed by atoms with Crippen LogP contribution < -0.4 is 5.32 Å². The molecular weight excluding hydrogens is 289 g/mol. The molecule has 1 N–H and O–H groups in total. The smallest absolute Gasteiger partial charge is 0.409 e. The lowest BCUT2D eigenvalue weighted by molar-refractivity contribution is 0.0851. The highest BCUT2D eigenvalue weighted by Gasteiger charge is 2.24. The Bertz CT molecular complexity index is 531. The van der Waals surface area contributed by atoms with E-state index >= 15 is 0 Å². The molecule has 1 heterocycles. The summed E-state index contributed by atoms with van der Waals surface area (Å²) >= 11 is 0. The van der Waals surface area contributed by atoms with Gasteiger partial charge in [0, 0.05) is 32.7 Å². The maximum Gasteiger partial charge on any atom is 0.409 e. The summed E-state index contributed by atoms with van der Waals surface area (Å²) in [6.45, 7) is 4.18. The highest BCUT2D eigenvalue weighted by Crippen LogP contribution is 2.06. The fourth-order valence-electron chi connectivity index (χ4n) is 2.24. The molecule has 1 aliphatic heterocycles. The minimum Gasteiger partial charge on any atom is -0.450 e. The molecule has 2 rings (SSSR count). The molecule has 1 saturated heterocycles. The molecular formula is C15H20FN3O3. The zero-order valence-electron chi connectivity index (χ0n) is 12.5. The minimum absolute atomic E-state index is 0.215. The first kappa shape index (κ1) is 16.1. The maximum atomic E-state index is 13.1. The molecule has 0 bridgehead atoms. The number of piperazine rings is 1. The van der Waals surface area contributed by atoms with Gasteiger partial charge < -0.3 is 19.9 Å². The number of hydrogen-bond donors (Lipinski definition) is 1. The number of carbonyl (C=O) groups is 2. The number of ether oxygens (including phenoxy) is 1. The molecule has 1 fully saturated rings. The van der Waals surface area contributed by atoms with Crippen LogP contribution in [0.1, 0.15) is 12.5 Å². The highest BCUT2D eigenvalue weighted by molar-refractivity contribution is 5.75. The lowest BCUT2D eigenvalue weighted by Crippen LogP contribution is -2.53. The van der Waals surface area contributed by atoms with Gasteiger partial charge in [0.25, 0.3) is 0 Å². The summed E-state index contributed by atoms with van der Waals surface area (Å²) in [5.41, 5.74) is 0.707. The first-order chi connectivity index (χ1) is 10.6. The van der Waals surface area contributed by atoms with E-state index < -0.39 is 0 Å². The average Bonchev–Trinajstić information content (AvgIpc) is 2.53. The minimum atomic E-state index is -0.345. The van der Waals surface area contributed by atoms with E-state index in [0.29, 0.717) is 38.3 Å². The van der Waals surface area contributed by atoms with E-state index in [1.54, 1.807) is 28.9 Å². The highest BCUT2D eigenvalue weighted by atomic mass is 19.1. The summed E-state index contributed by atoms with van der Waals surface area (Å²) in [6, 6.07) is 5.89. The molecule has 0 saturated carbocycles. The number of halogens is 1. The molecule has 1 aliphatic rings. The molecule has 0 aromatic heterocycles. The summed E-state index contributed by atoms with van der Waals surface area (Å²) in [6.07, 6.45) is -0.345. The monoisotopic (exact) mass is 309 g/mol. The molecule has 22 heavy (non-hydrogen) atoms. The van der Waals surface area contributed by atoms with Crippen molar-refractivity contribution in [2.45, 2.75) is 13.5 Å². The van der Waals surface area contributed by atoms with Crippen LogP contribution in [-0.2, 0) is 11.3 Å². The van der Waals surface area contributed by atoms with Crippen LogP contribution in [0, 0.1) is 5.82 Å². The molecule has 0 radical (unpaired) electrons. The fraction of sp³-hybridized carbons (Fsp3) is 0.467. The van der Waals surface area contributed by atoms with Gasteiger partial charge in [-0.1, -0.05) is 12.1 Å². The van der Waals surface area contributed by atoms with Gasteiger partial charge in [0.05, 0.1) is 6.61 Å². The molecule has 0 unspecified atom stereocenters. The zero-order valence-corrected chi connectivity index (χ0v) is 12.5. The van der Waals surface area contributed by atoms with Gasteiger partial charge in [-0.25, -0.2) is 14.0 Å². The second-order valence-corrected chi connectivity index (χ2v) is 4.96. The van der Waals surface area contributed by atoms with Crippen LogP contribution >= 0.6 is 0 Å². The van der Waals surface area contributed by atoms with Crippen LogP contribution in [0.2, 0.25) is 0 Å². The van der Waals surface area contributed by atoms with Gasteiger partial charge in [0.15, 0.2) is 0 Å². The molecule has 1 aromatic rings. The van der Waals surface area contributed by atoms with E-state index in [0.717, 1.165) is 0 Å². The van der Waals surface area contributed by atoms with Gasteiger partial charge in [-0.3, -0.25) is 0 Å². The standard InChI is InChI=1S/C15H20FN3O3/c1-2-22-15(21)19-8-6-18(7-9-19)14(20)17-11-12-4-3-5-13(16)10-12/h3-5,10H,2,6-9,11H2,1H3,(H,17,20). The van der Waals surface area contributed by atoms with Gasteiger partial charge in [-0.2, -0.15) is 0 Å². The molecule has 0 atom stereocenters. The van der Waals surface area contributed by atoms with Gasteiger partial charge in [-0.15, -0.1) is 0 Å². The van der Waals surface area contributed by atoms with Crippen LogP contribution in [0.15, 0.2) is 24.3 Å². The van der Waals surface area contributed by atoms with Crippen LogP contribution in [0.4, 0.5) is 14.0 Å². The number of rotatable bonds is 3. The Morgan fingerprint density at radius 2 is 1.91 bits per heavy atom. The summed E-state index contributed by atoms with van der Waals surface area (Å²) in [5, 5.41) is 2.75. The molecule has 6 nitrogen and oxygen atoms in total. The number of nitrogens with zero attached hydrogens (tertiary/aromatic N) is 2. The number of urea groups is 1. The predicted molar refractivity (Wildman–Crippen MR) is 78.8 cm³/mol. The van der Waals surface area contributed by atoms with Gasteiger partial charge in [0.2, 0.25) is 0 Å². The van der Waals surface area contributed by atoms with E-state index in [2.05, 4.69) is 5.32 Å². The van der Waals surface area contributed by atoms with Crippen molar-refractivity contribution in [2.24, 2.45) is 0 Å². The van der Waals surface area contributed by atoms with Crippen LogP contribution in [0.3, 0.4) is 0 Å². The Kier molecular flexibility index (Phi) is 5.57.